The van der Waals surface area contributed by atoms with Gasteiger partial charge in [0.1, 0.15) is 11.4 Å². The van der Waals surface area contributed by atoms with Crippen molar-refractivity contribution in [2.24, 2.45) is 17.8 Å². The maximum atomic E-state index is 14.6. The lowest BCUT2D eigenvalue weighted by Crippen LogP contribution is -2.55. The Hall–Kier alpha value is -3.49. The van der Waals surface area contributed by atoms with Crippen LogP contribution in [0.2, 0.25) is 0 Å². The number of nitrogens with one attached hydrogen (secondary N) is 1. The van der Waals surface area contributed by atoms with E-state index in [1.54, 1.807) is 11.0 Å². The number of likely N-dealkylation sites (tertiary alicyclic amines) is 2. The number of benzene rings is 2. The minimum absolute atomic E-state index is 0.0650. The molecule has 2 amide bonds. The van der Waals surface area contributed by atoms with E-state index in [4.69, 9.17) is 9.47 Å². The molecule has 1 N–H and O–H groups in total. The molecule has 3 unspecified atom stereocenters. The Balaban J connectivity index is 0.994. The van der Waals surface area contributed by atoms with E-state index in [-0.39, 0.29) is 29.8 Å². The van der Waals surface area contributed by atoms with Gasteiger partial charge in [-0.3, -0.25) is 0 Å². The van der Waals surface area contributed by atoms with Gasteiger partial charge in [0.15, 0.2) is 0 Å². The maximum Gasteiger partial charge on any atom is 0.410 e. The number of carbonyl (C=O) groups excluding carboxylic acids is 2. The molecule has 2 aromatic rings. The van der Waals surface area contributed by atoms with Gasteiger partial charge in [-0.25, -0.2) is 14.0 Å². The zero-order valence-corrected chi connectivity index (χ0v) is 30.0. The Labute approximate surface area is 294 Å². The number of ether oxygens (including phenoxy) is 2. The Kier molecular flexibility index (Phi) is 10.7. The van der Waals surface area contributed by atoms with Crippen LogP contribution in [0.25, 0.3) is 0 Å². The summed E-state index contributed by atoms with van der Waals surface area (Å²) in [6.45, 7) is 12.0. The molecule has 1 aliphatic carbocycles. The average molecular weight is 692 g/mol. The second kappa shape index (κ2) is 14.8. The Morgan fingerprint density at radius 3 is 2.37 bits per heavy atom. The van der Waals surface area contributed by atoms with E-state index in [1.165, 1.54) is 29.8 Å². The lowest BCUT2D eigenvalue weighted by atomic mass is 9.59. The minimum Gasteiger partial charge on any atom is -0.453 e. The van der Waals surface area contributed by atoms with Gasteiger partial charge in [-0.15, -0.1) is 11.8 Å². The number of methoxy groups -OCH3 is 1. The Morgan fingerprint density at radius 2 is 1.73 bits per heavy atom. The van der Waals surface area contributed by atoms with Crippen molar-refractivity contribution >= 4 is 29.6 Å². The van der Waals surface area contributed by atoms with Gasteiger partial charge < -0.3 is 29.5 Å². The van der Waals surface area contributed by atoms with Crippen molar-refractivity contribution in [3.05, 3.63) is 59.9 Å². The first-order valence-electron chi connectivity index (χ1n) is 17.7. The molecule has 0 aromatic heterocycles. The number of halogens is 1. The molecule has 0 spiro atoms. The molecule has 49 heavy (non-hydrogen) atoms. The Morgan fingerprint density at radius 1 is 1.02 bits per heavy atom. The van der Waals surface area contributed by atoms with Crippen LogP contribution in [0.3, 0.4) is 0 Å². The fourth-order valence-corrected chi connectivity index (χ4v) is 9.56. The van der Waals surface area contributed by atoms with Crippen molar-refractivity contribution in [1.82, 2.24) is 15.1 Å². The van der Waals surface area contributed by atoms with E-state index in [2.05, 4.69) is 45.5 Å². The molecule has 4 fully saturated rings. The fourth-order valence-electron chi connectivity index (χ4n) is 8.37. The van der Waals surface area contributed by atoms with Crippen molar-refractivity contribution in [1.29, 1.82) is 5.26 Å². The summed E-state index contributed by atoms with van der Waals surface area (Å²) >= 11 is 1.82. The van der Waals surface area contributed by atoms with Gasteiger partial charge in [-0.1, -0.05) is 18.6 Å². The summed E-state index contributed by atoms with van der Waals surface area (Å²) in [6, 6.07) is 17.9. The number of amides is 2. The number of hydrogen-bond donors (Lipinski definition) is 1. The van der Waals surface area contributed by atoms with Gasteiger partial charge in [0.25, 0.3) is 0 Å². The van der Waals surface area contributed by atoms with E-state index in [9.17, 15) is 19.2 Å². The van der Waals surface area contributed by atoms with Gasteiger partial charge >= 0.3 is 12.2 Å². The number of carbonyl (C=O) groups is 2. The predicted molar refractivity (Wildman–Crippen MR) is 189 cm³/mol. The third kappa shape index (κ3) is 7.96. The first kappa shape index (κ1) is 35.3. The summed E-state index contributed by atoms with van der Waals surface area (Å²) in [6.07, 6.45) is 3.50. The van der Waals surface area contributed by atoms with Crippen molar-refractivity contribution in [2.45, 2.75) is 80.1 Å². The molecular formula is C38H50FN5O4S. The number of thioether (sulfide) groups is 1. The zero-order chi connectivity index (χ0) is 34.8. The van der Waals surface area contributed by atoms with Crippen LogP contribution < -0.4 is 10.2 Å². The third-order valence-corrected chi connectivity index (χ3v) is 12.0. The monoisotopic (exact) mass is 691 g/mol. The second-order valence-electron chi connectivity index (χ2n) is 15.2. The molecule has 4 aliphatic rings. The maximum absolute atomic E-state index is 14.6. The first-order chi connectivity index (χ1) is 23.5. The van der Waals surface area contributed by atoms with Crippen LogP contribution in [-0.2, 0) is 14.9 Å². The molecule has 1 saturated carbocycles. The normalized spacial score (nSPS) is 23.6. The largest absolute Gasteiger partial charge is 0.453 e. The molecule has 3 aliphatic heterocycles. The molecule has 3 saturated heterocycles. The molecule has 2 aromatic carbocycles. The second-order valence-corrected chi connectivity index (χ2v) is 16.6. The van der Waals surface area contributed by atoms with Gasteiger partial charge in [-0.05, 0) is 107 Å². The number of piperidine rings is 1. The standard InChI is InChI=1S/C38H50FN5O4S/c1-37(2,3)48-36(46)44-23-32(24-44)49-31-13-11-30(12-14-31)43-21-26(22-43)20-42-17-15-27(16-18-42)38(25-40,28-7-5-8-29(39)19-28)33-9-6-10-34(33)41-35(45)47-4/h5,7-8,11-14,19,26-27,32-34H,6,9-10,15-18,20-24H2,1-4H3,(H,41,45). The highest BCUT2D eigenvalue weighted by atomic mass is 32.2. The fraction of sp³-hybridized carbons (Fsp3) is 0.605. The summed E-state index contributed by atoms with van der Waals surface area (Å²) in [5.74, 6) is 0.209. The van der Waals surface area contributed by atoms with Crippen molar-refractivity contribution < 1.29 is 23.5 Å². The van der Waals surface area contributed by atoms with Crippen molar-refractivity contribution in [2.75, 3.05) is 57.8 Å². The van der Waals surface area contributed by atoms with Crippen LogP contribution in [0.4, 0.5) is 19.7 Å². The van der Waals surface area contributed by atoms with E-state index in [1.807, 2.05) is 38.6 Å². The lowest BCUT2D eigenvalue weighted by Gasteiger charge is -2.48. The number of rotatable bonds is 9. The van der Waals surface area contributed by atoms with Crippen LogP contribution in [0.5, 0.6) is 0 Å². The van der Waals surface area contributed by atoms with Crippen LogP contribution in [0, 0.1) is 34.9 Å². The minimum atomic E-state index is -0.885. The summed E-state index contributed by atoms with van der Waals surface area (Å²) < 4.78 is 25.0. The first-order valence-corrected chi connectivity index (χ1v) is 18.6. The zero-order valence-electron chi connectivity index (χ0n) is 29.2. The van der Waals surface area contributed by atoms with Gasteiger partial charge in [0, 0.05) is 66.4 Å². The number of anilines is 1. The highest BCUT2D eigenvalue weighted by Crippen LogP contribution is 2.50. The highest BCUT2D eigenvalue weighted by Gasteiger charge is 2.53. The van der Waals surface area contributed by atoms with Crippen molar-refractivity contribution in [3.8, 4) is 6.07 Å². The smallest absolute Gasteiger partial charge is 0.410 e. The quantitative estimate of drug-likeness (QED) is 0.312. The highest BCUT2D eigenvalue weighted by molar-refractivity contribution is 8.00. The van der Waals surface area contributed by atoms with Crippen LogP contribution in [-0.4, -0.2) is 91.8 Å². The number of alkyl carbamates (subject to hydrolysis) is 1. The molecule has 0 bridgehead atoms. The molecule has 6 rings (SSSR count). The predicted octanol–water partition coefficient (Wildman–Crippen LogP) is 6.67. The molecule has 264 valence electrons. The van der Waals surface area contributed by atoms with Gasteiger partial charge in [0.2, 0.25) is 0 Å². The molecule has 9 nitrogen and oxygen atoms in total. The van der Waals surface area contributed by atoms with Crippen molar-refractivity contribution in [3.63, 3.8) is 0 Å². The van der Waals surface area contributed by atoms with E-state index in [0.717, 1.165) is 70.4 Å². The molecule has 3 heterocycles. The number of nitrogens with zero attached hydrogens (tertiary/aromatic N) is 4. The number of nitriles is 1. The molecule has 3 atom stereocenters. The SMILES string of the molecule is COC(=O)NC1CCCC1C(C#N)(c1cccc(F)c1)C1CCN(CC2CN(c3ccc(SC4CN(C(=O)OC(C)(C)C)C4)cc3)C2)CC1. The van der Waals surface area contributed by atoms with E-state index >= 15 is 0 Å². The summed E-state index contributed by atoms with van der Waals surface area (Å²) in [4.78, 5) is 32.4. The third-order valence-electron chi connectivity index (χ3n) is 10.8. The summed E-state index contributed by atoms with van der Waals surface area (Å²) in [7, 11) is 1.36. The van der Waals surface area contributed by atoms with Gasteiger partial charge in [-0.2, -0.15) is 5.26 Å². The van der Waals surface area contributed by atoms with Crippen LogP contribution >= 0.6 is 11.8 Å². The van der Waals surface area contributed by atoms with E-state index in [0.29, 0.717) is 24.3 Å². The van der Waals surface area contributed by atoms with E-state index < -0.39 is 17.1 Å². The molecular weight excluding hydrogens is 642 g/mol. The molecule has 11 heteroatoms. The summed E-state index contributed by atoms with van der Waals surface area (Å²) in [5, 5.41) is 14.3. The van der Waals surface area contributed by atoms with Crippen LogP contribution in [0.1, 0.15) is 58.4 Å². The topological polar surface area (TPSA) is 98.1 Å². The number of hydrogen-bond acceptors (Lipinski definition) is 8. The Bertz CT molecular complexity index is 1510. The summed E-state index contributed by atoms with van der Waals surface area (Å²) in [5.41, 5.74) is 0.611. The van der Waals surface area contributed by atoms with Gasteiger partial charge in [0.05, 0.1) is 18.6 Å². The van der Waals surface area contributed by atoms with Crippen LogP contribution in [0.15, 0.2) is 53.4 Å². The lowest BCUT2D eigenvalue weighted by molar-refractivity contribution is 0.0144. The molecule has 0 radical (unpaired) electrons. The average Bonchev–Trinajstić information content (AvgIpc) is 3.49.